The maximum absolute atomic E-state index is 12.1. The van der Waals surface area contributed by atoms with Gasteiger partial charge in [0.2, 0.25) is 0 Å². The summed E-state index contributed by atoms with van der Waals surface area (Å²) in [5.41, 5.74) is 8.06. The Morgan fingerprint density at radius 2 is 1.54 bits per heavy atom. The molecule has 0 bridgehead atoms. The highest BCUT2D eigenvalue weighted by Crippen LogP contribution is 2.26. The maximum Gasteiger partial charge on any atom is 0.320 e. The zero-order valence-corrected chi connectivity index (χ0v) is 13.4. The van der Waals surface area contributed by atoms with Gasteiger partial charge in [-0.2, -0.15) is 0 Å². The minimum atomic E-state index is -1.24. The van der Waals surface area contributed by atoms with Crippen molar-refractivity contribution in [2.45, 2.75) is 25.5 Å². The maximum atomic E-state index is 12.1. The number of carboxylic acid groups (broad SMARTS) is 1. The van der Waals surface area contributed by atoms with Crippen LogP contribution in [0.25, 0.3) is 11.1 Å². The standard InChI is InChI=1S/C19H21NO4/c1-12(17(21)11-16(20)19(23)24)18(22)15-9-7-14(8-10-15)13-5-3-2-4-6-13/h2-10,12,16,18,22H,11,20H2,1H3,(H,23,24). The number of Topliss-reactive ketones (excluding diaryl/α,β-unsaturated/α-hetero) is 1. The van der Waals surface area contributed by atoms with E-state index in [-0.39, 0.29) is 12.2 Å². The molecule has 0 saturated heterocycles. The summed E-state index contributed by atoms with van der Waals surface area (Å²) in [6.07, 6.45) is -1.29. The molecule has 0 amide bonds. The van der Waals surface area contributed by atoms with Crippen LogP contribution in [-0.2, 0) is 9.59 Å². The van der Waals surface area contributed by atoms with E-state index in [0.717, 1.165) is 11.1 Å². The van der Waals surface area contributed by atoms with Crippen molar-refractivity contribution in [1.82, 2.24) is 0 Å². The average molecular weight is 327 g/mol. The molecular formula is C19H21NO4. The Morgan fingerprint density at radius 3 is 2.08 bits per heavy atom. The monoisotopic (exact) mass is 327 g/mol. The van der Waals surface area contributed by atoms with Crippen molar-refractivity contribution >= 4 is 11.8 Å². The lowest BCUT2D eigenvalue weighted by Gasteiger charge is -2.19. The van der Waals surface area contributed by atoms with Gasteiger partial charge in [-0.05, 0) is 16.7 Å². The molecule has 2 aromatic carbocycles. The predicted octanol–water partition coefficient (Wildman–Crippen LogP) is 2.39. The molecule has 0 heterocycles. The third kappa shape index (κ3) is 4.28. The lowest BCUT2D eigenvalue weighted by Crippen LogP contribution is -2.35. The Labute approximate surface area is 140 Å². The van der Waals surface area contributed by atoms with Gasteiger partial charge in [0.1, 0.15) is 11.8 Å². The molecule has 0 aliphatic rings. The number of rotatable bonds is 7. The Morgan fingerprint density at radius 1 is 1.00 bits per heavy atom. The summed E-state index contributed by atoms with van der Waals surface area (Å²) in [4.78, 5) is 22.8. The van der Waals surface area contributed by atoms with E-state index in [9.17, 15) is 14.7 Å². The minimum absolute atomic E-state index is 0.296. The lowest BCUT2D eigenvalue weighted by molar-refractivity contribution is -0.141. The molecule has 5 nitrogen and oxygen atoms in total. The number of nitrogens with two attached hydrogens (primary N) is 1. The summed E-state index contributed by atoms with van der Waals surface area (Å²) in [6, 6.07) is 15.9. The van der Waals surface area contributed by atoms with E-state index in [4.69, 9.17) is 10.8 Å². The van der Waals surface area contributed by atoms with Gasteiger partial charge in [-0.15, -0.1) is 0 Å². The summed E-state index contributed by atoms with van der Waals surface area (Å²) >= 11 is 0. The largest absolute Gasteiger partial charge is 0.480 e. The summed E-state index contributed by atoms with van der Waals surface area (Å²) in [5, 5.41) is 19.1. The second kappa shape index (κ2) is 7.86. The van der Waals surface area contributed by atoms with Crippen molar-refractivity contribution in [2.75, 3.05) is 0 Å². The number of hydrogen-bond acceptors (Lipinski definition) is 4. The van der Waals surface area contributed by atoms with Gasteiger partial charge in [0, 0.05) is 12.3 Å². The second-order valence-electron chi connectivity index (χ2n) is 5.84. The first kappa shape index (κ1) is 17.8. The molecule has 2 aromatic rings. The summed E-state index contributed by atoms with van der Waals surface area (Å²) in [6.45, 7) is 1.58. The van der Waals surface area contributed by atoms with Crippen LogP contribution >= 0.6 is 0 Å². The highest BCUT2D eigenvalue weighted by atomic mass is 16.4. The van der Waals surface area contributed by atoms with E-state index < -0.39 is 24.0 Å². The van der Waals surface area contributed by atoms with Gasteiger partial charge in [-0.25, -0.2) is 0 Å². The van der Waals surface area contributed by atoms with Crippen LogP contribution in [0.15, 0.2) is 54.6 Å². The van der Waals surface area contributed by atoms with Crippen LogP contribution in [-0.4, -0.2) is 28.0 Å². The van der Waals surface area contributed by atoms with Gasteiger partial charge in [-0.1, -0.05) is 61.5 Å². The summed E-state index contributed by atoms with van der Waals surface area (Å²) in [5.74, 6) is -2.32. The Balaban J connectivity index is 2.08. The third-order valence-corrected chi connectivity index (χ3v) is 4.08. The number of aliphatic carboxylic acids is 1. The lowest BCUT2D eigenvalue weighted by atomic mass is 9.90. The van der Waals surface area contributed by atoms with Crippen molar-refractivity contribution in [3.05, 3.63) is 60.2 Å². The van der Waals surface area contributed by atoms with Crippen LogP contribution in [0.2, 0.25) is 0 Å². The fourth-order valence-corrected chi connectivity index (χ4v) is 2.46. The number of carbonyl (C=O) groups excluding carboxylic acids is 1. The van der Waals surface area contributed by atoms with Gasteiger partial charge in [0.25, 0.3) is 0 Å². The SMILES string of the molecule is CC(C(=O)CC(N)C(=O)O)C(O)c1ccc(-c2ccccc2)cc1. The fourth-order valence-electron chi connectivity index (χ4n) is 2.46. The normalized spacial score (nSPS) is 14.6. The van der Waals surface area contributed by atoms with Gasteiger partial charge < -0.3 is 15.9 Å². The van der Waals surface area contributed by atoms with Crippen molar-refractivity contribution in [1.29, 1.82) is 0 Å². The summed E-state index contributed by atoms with van der Waals surface area (Å²) < 4.78 is 0. The smallest absolute Gasteiger partial charge is 0.320 e. The van der Waals surface area contributed by atoms with Crippen LogP contribution in [0.1, 0.15) is 25.0 Å². The van der Waals surface area contributed by atoms with Gasteiger partial charge in [-0.3, -0.25) is 9.59 Å². The van der Waals surface area contributed by atoms with Crippen LogP contribution in [0, 0.1) is 5.92 Å². The fraction of sp³-hybridized carbons (Fsp3) is 0.263. The number of carboxylic acids is 1. The predicted molar refractivity (Wildman–Crippen MR) is 91.2 cm³/mol. The van der Waals surface area contributed by atoms with Gasteiger partial charge in [0.05, 0.1) is 6.10 Å². The number of aliphatic hydroxyl groups is 1. The van der Waals surface area contributed by atoms with E-state index in [1.807, 2.05) is 42.5 Å². The molecule has 126 valence electrons. The van der Waals surface area contributed by atoms with Crippen molar-refractivity contribution in [3.63, 3.8) is 0 Å². The van der Waals surface area contributed by atoms with Crippen molar-refractivity contribution in [3.8, 4) is 11.1 Å². The van der Waals surface area contributed by atoms with Crippen LogP contribution in [0.4, 0.5) is 0 Å². The first-order valence-electron chi connectivity index (χ1n) is 7.74. The summed E-state index contributed by atoms with van der Waals surface area (Å²) in [7, 11) is 0. The zero-order chi connectivity index (χ0) is 17.7. The third-order valence-electron chi connectivity index (χ3n) is 4.08. The topological polar surface area (TPSA) is 101 Å². The van der Waals surface area contributed by atoms with E-state index in [2.05, 4.69) is 0 Å². The van der Waals surface area contributed by atoms with Crippen molar-refractivity contribution in [2.24, 2.45) is 11.7 Å². The van der Waals surface area contributed by atoms with Crippen molar-refractivity contribution < 1.29 is 19.8 Å². The molecule has 0 aromatic heterocycles. The van der Waals surface area contributed by atoms with E-state index in [1.54, 1.807) is 19.1 Å². The second-order valence-corrected chi connectivity index (χ2v) is 5.84. The molecule has 3 unspecified atom stereocenters. The van der Waals surface area contributed by atoms with E-state index in [1.165, 1.54) is 0 Å². The van der Waals surface area contributed by atoms with Crippen LogP contribution in [0.5, 0.6) is 0 Å². The molecule has 5 heteroatoms. The molecule has 0 saturated carbocycles. The molecule has 0 spiro atoms. The number of benzene rings is 2. The average Bonchev–Trinajstić information content (AvgIpc) is 2.61. The highest BCUT2D eigenvalue weighted by Gasteiger charge is 2.26. The number of hydrogen-bond donors (Lipinski definition) is 3. The molecule has 0 aliphatic heterocycles. The number of aliphatic hydroxyl groups excluding tert-OH is 1. The minimum Gasteiger partial charge on any atom is -0.480 e. The molecule has 2 rings (SSSR count). The Hall–Kier alpha value is -2.50. The highest BCUT2D eigenvalue weighted by molar-refractivity contribution is 5.87. The number of ketones is 1. The van der Waals surface area contributed by atoms with Crippen LogP contribution < -0.4 is 5.73 Å². The molecule has 3 atom stereocenters. The van der Waals surface area contributed by atoms with Crippen LogP contribution in [0.3, 0.4) is 0 Å². The quantitative estimate of drug-likeness (QED) is 0.725. The molecule has 0 fully saturated rings. The molecule has 0 radical (unpaired) electrons. The number of carbonyl (C=O) groups is 2. The molecule has 24 heavy (non-hydrogen) atoms. The van der Waals surface area contributed by atoms with Gasteiger partial charge >= 0.3 is 5.97 Å². The zero-order valence-electron chi connectivity index (χ0n) is 13.4. The first-order valence-corrected chi connectivity index (χ1v) is 7.74. The first-order chi connectivity index (χ1) is 11.4. The van der Waals surface area contributed by atoms with Gasteiger partial charge in [0.15, 0.2) is 0 Å². The molecule has 0 aliphatic carbocycles. The Kier molecular flexibility index (Phi) is 5.84. The van der Waals surface area contributed by atoms with E-state index >= 15 is 0 Å². The molecular weight excluding hydrogens is 306 g/mol. The van der Waals surface area contributed by atoms with E-state index in [0.29, 0.717) is 5.56 Å². The Bertz CT molecular complexity index is 697. The molecule has 4 N–H and O–H groups in total.